The van der Waals surface area contributed by atoms with Crippen molar-refractivity contribution < 1.29 is 14.3 Å². The molecular formula is C18H23N3O3S. The summed E-state index contributed by atoms with van der Waals surface area (Å²) in [5, 5.41) is 5.89. The molecule has 7 heteroatoms. The van der Waals surface area contributed by atoms with Crippen LogP contribution in [-0.4, -0.2) is 49.6 Å². The lowest BCUT2D eigenvalue weighted by Crippen LogP contribution is -2.35. The fourth-order valence-corrected chi connectivity index (χ4v) is 3.47. The maximum atomic E-state index is 11.9. The lowest BCUT2D eigenvalue weighted by molar-refractivity contribution is -0.122. The fraction of sp³-hybridized carbons (Fsp3) is 0.444. The summed E-state index contributed by atoms with van der Waals surface area (Å²) in [6, 6.07) is 6.15. The molecule has 1 aromatic heterocycles. The molecule has 0 aliphatic heterocycles. The number of benzene rings is 1. The van der Waals surface area contributed by atoms with E-state index in [1.54, 1.807) is 25.6 Å². The van der Waals surface area contributed by atoms with Gasteiger partial charge in [0, 0.05) is 18.0 Å². The quantitative estimate of drug-likeness (QED) is 0.783. The van der Waals surface area contributed by atoms with E-state index in [9.17, 15) is 4.79 Å². The predicted octanol–water partition coefficient (Wildman–Crippen LogP) is 2.54. The molecule has 25 heavy (non-hydrogen) atoms. The first-order chi connectivity index (χ1) is 12.1. The van der Waals surface area contributed by atoms with E-state index in [-0.39, 0.29) is 5.91 Å². The van der Waals surface area contributed by atoms with Gasteiger partial charge in [0.05, 0.1) is 32.0 Å². The first-order valence-corrected chi connectivity index (χ1v) is 9.12. The summed E-state index contributed by atoms with van der Waals surface area (Å²) >= 11 is 1.56. The Bertz CT molecular complexity index is 743. The van der Waals surface area contributed by atoms with Gasteiger partial charge in [-0.25, -0.2) is 4.98 Å². The van der Waals surface area contributed by atoms with Gasteiger partial charge in [-0.2, -0.15) is 0 Å². The molecule has 1 N–H and O–H groups in total. The highest BCUT2D eigenvalue weighted by Crippen LogP contribution is 2.39. The van der Waals surface area contributed by atoms with Crippen LogP contribution in [0.4, 0.5) is 0 Å². The van der Waals surface area contributed by atoms with Crippen molar-refractivity contribution >= 4 is 17.2 Å². The zero-order chi connectivity index (χ0) is 17.8. The van der Waals surface area contributed by atoms with E-state index >= 15 is 0 Å². The number of methoxy groups -OCH3 is 2. The third-order valence-corrected chi connectivity index (χ3v) is 4.90. The van der Waals surface area contributed by atoms with Crippen LogP contribution in [0.25, 0.3) is 10.6 Å². The van der Waals surface area contributed by atoms with Crippen LogP contribution in [0.1, 0.15) is 18.5 Å². The third-order valence-electron chi connectivity index (χ3n) is 3.97. The van der Waals surface area contributed by atoms with Crippen LogP contribution in [0.5, 0.6) is 11.5 Å². The number of likely N-dealkylation sites (N-methyl/N-ethyl adjacent to an activating group) is 1. The molecular weight excluding hydrogens is 338 g/mol. The summed E-state index contributed by atoms with van der Waals surface area (Å²) in [6.45, 7) is 1.01. The Morgan fingerprint density at radius 2 is 2.16 bits per heavy atom. The second-order valence-corrected chi connectivity index (χ2v) is 7.06. The van der Waals surface area contributed by atoms with Gasteiger partial charge in [-0.15, -0.1) is 11.3 Å². The predicted molar refractivity (Wildman–Crippen MR) is 98.2 cm³/mol. The molecule has 1 aliphatic rings. The van der Waals surface area contributed by atoms with Gasteiger partial charge in [0.15, 0.2) is 11.5 Å². The first kappa shape index (κ1) is 17.7. The Labute approximate surface area is 151 Å². The van der Waals surface area contributed by atoms with E-state index in [1.807, 2.05) is 35.5 Å². The van der Waals surface area contributed by atoms with Crippen molar-refractivity contribution in [3.8, 4) is 22.1 Å². The lowest BCUT2D eigenvalue weighted by Gasteiger charge is -2.14. The van der Waals surface area contributed by atoms with Gasteiger partial charge < -0.3 is 14.8 Å². The van der Waals surface area contributed by atoms with Crippen molar-refractivity contribution in [1.82, 2.24) is 15.2 Å². The third kappa shape index (κ3) is 4.49. The highest BCUT2D eigenvalue weighted by Gasteiger charge is 2.23. The number of hydrogen-bond acceptors (Lipinski definition) is 6. The molecule has 1 heterocycles. The van der Waals surface area contributed by atoms with Gasteiger partial charge in [-0.1, -0.05) is 6.07 Å². The van der Waals surface area contributed by atoms with Crippen molar-refractivity contribution in [3.63, 3.8) is 0 Å². The normalized spacial score (nSPS) is 13.8. The Balaban J connectivity index is 1.67. The molecule has 6 nitrogen and oxygen atoms in total. The van der Waals surface area contributed by atoms with E-state index in [0.717, 1.165) is 29.1 Å². The molecule has 0 spiro atoms. The smallest absolute Gasteiger partial charge is 0.234 e. The van der Waals surface area contributed by atoms with E-state index in [2.05, 4.69) is 5.32 Å². The molecule has 0 atom stereocenters. The summed E-state index contributed by atoms with van der Waals surface area (Å²) in [4.78, 5) is 18.5. The number of carbonyl (C=O) groups is 1. The number of nitrogens with zero attached hydrogens (tertiary/aromatic N) is 2. The van der Waals surface area contributed by atoms with Gasteiger partial charge in [0.25, 0.3) is 0 Å². The highest BCUT2D eigenvalue weighted by atomic mass is 32.1. The Hall–Kier alpha value is -2.12. The average Bonchev–Trinajstić information content (AvgIpc) is 3.29. The van der Waals surface area contributed by atoms with Crippen LogP contribution in [0.3, 0.4) is 0 Å². The molecule has 0 unspecified atom stereocenters. The summed E-state index contributed by atoms with van der Waals surface area (Å²) in [6.07, 6.45) is 2.21. The summed E-state index contributed by atoms with van der Waals surface area (Å²) in [5.41, 5.74) is 1.85. The molecule has 1 aromatic carbocycles. The first-order valence-electron chi connectivity index (χ1n) is 8.24. The number of aromatic nitrogens is 1. The average molecular weight is 361 g/mol. The number of hydrogen-bond donors (Lipinski definition) is 1. The minimum absolute atomic E-state index is 0.0786. The summed E-state index contributed by atoms with van der Waals surface area (Å²) in [5.74, 6) is 1.45. The van der Waals surface area contributed by atoms with Crippen molar-refractivity contribution in [2.75, 3.05) is 27.8 Å². The zero-order valence-electron chi connectivity index (χ0n) is 14.7. The number of amides is 1. The maximum Gasteiger partial charge on any atom is 0.234 e. The zero-order valence-corrected chi connectivity index (χ0v) is 15.6. The van der Waals surface area contributed by atoms with Gasteiger partial charge in [-0.3, -0.25) is 9.69 Å². The van der Waals surface area contributed by atoms with E-state index < -0.39 is 0 Å². The highest BCUT2D eigenvalue weighted by molar-refractivity contribution is 7.13. The number of ether oxygens (including phenoxy) is 2. The fourth-order valence-electron chi connectivity index (χ4n) is 2.64. The van der Waals surface area contributed by atoms with Crippen molar-refractivity contribution in [3.05, 3.63) is 29.3 Å². The largest absolute Gasteiger partial charge is 0.493 e. The number of nitrogens with one attached hydrogen (secondary N) is 1. The Kier molecular flexibility index (Phi) is 5.55. The van der Waals surface area contributed by atoms with Crippen LogP contribution >= 0.6 is 11.3 Å². The van der Waals surface area contributed by atoms with Crippen molar-refractivity contribution in [2.24, 2.45) is 0 Å². The second-order valence-electron chi connectivity index (χ2n) is 6.20. The molecule has 3 rings (SSSR count). The summed E-state index contributed by atoms with van der Waals surface area (Å²) < 4.78 is 10.8. The lowest BCUT2D eigenvalue weighted by atomic mass is 10.2. The van der Waals surface area contributed by atoms with Gasteiger partial charge in [-0.05, 0) is 32.0 Å². The second kappa shape index (κ2) is 7.84. The van der Waals surface area contributed by atoms with Crippen LogP contribution < -0.4 is 14.8 Å². The molecule has 134 valence electrons. The number of para-hydroxylation sites is 1. The van der Waals surface area contributed by atoms with Crippen LogP contribution in [0.15, 0.2) is 23.6 Å². The van der Waals surface area contributed by atoms with Gasteiger partial charge >= 0.3 is 0 Å². The summed E-state index contributed by atoms with van der Waals surface area (Å²) in [7, 11) is 5.18. The van der Waals surface area contributed by atoms with E-state index in [1.165, 1.54) is 0 Å². The SMILES string of the molecule is COc1cccc(-c2nc(CN(C)CC(=O)NC3CC3)cs2)c1OC. The van der Waals surface area contributed by atoms with Crippen molar-refractivity contribution in [1.29, 1.82) is 0 Å². The number of rotatable bonds is 8. The van der Waals surface area contributed by atoms with Crippen LogP contribution in [-0.2, 0) is 11.3 Å². The van der Waals surface area contributed by atoms with Gasteiger partial charge in [0.2, 0.25) is 5.91 Å². The molecule has 0 saturated heterocycles. The minimum atomic E-state index is 0.0786. The Morgan fingerprint density at radius 3 is 2.84 bits per heavy atom. The molecule has 0 radical (unpaired) electrons. The van der Waals surface area contributed by atoms with Crippen LogP contribution in [0.2, 0.25) is 0 Å². The van der Waals surface area contributed by atoms with Crippen LogP contribution in [0, 0.1) is 0 Å². The maximum absolute atomic E-state index is 11.9. The topological polar surface area (TPSA) is 63.7 Å². The molecule has 1 amide bonds. The number of thiazole rings is 1. The molecule has 1 aliphatic carbocycles. The monoisotopic (exact) mass is 361 g/mol. The Morgan fingerprint density at radius 1 is 1.36 bits per heavy atom. The molecule has 2 aromatic rings. The van der Waals surface area contributed by atoms with Crippen molar-refractivity contribution in [2.45, 2.75) is 25.4 Å². The molecule has 1 fully saturated rings. The number of carbonyl (C=O) groups excluding carboxylic acids is 1. The molecule has 0 bridgehead atoms. The van der Waals surface area contributed by atoms with Gasteiger partial charge in [0.1, 0.15) is 5.01 Å². The standard InChI is InChI=1S/C18H23N3O3S/c1-21(10-16(22)19-12-7-8-12)9-13-11-25-18(20-13)14-5-4-6-15(23-2)17(14)24-3/h4-6,11-12H,7-10H2,1-3H3,(H,19,22). The molecule has 1 saturated carbocycles. The van der Waals surface area contributed by atoms with E-state index in [4.69, 9.17) is 14.5 Å². The minimum Gasteiger partial charge on any atom is -0.493 e. The van der Waals surface area contributed by atoms with E-state index in [0.29, 0.717) is 30.6 Å².